The van der Waals surface area contributed by atoms with Crippen LogP contribution in [0.2, 0.25) is 0 Å². The zero-order valence-corrected chi connectivity index (χ0v) is 7.78. The largest absolute Gasteiger partial charge is 0.367 e. The minimum absolute atomic E-state index is 0.455. The molecule has 0 aromatic carbocycles. The Balaban J connectivity index is 2.26. The van der Waals surface area contributed by atoms with Gasteiger partial charge in [-0.3, -0.25) is 0 Å². The molecule has 0 amide bonds. The molecule has 10 heavy (non-hydrogen) atoms. The summed E-state index contributed by atoms with van der Waals surface area (Å²) in [4.78, 5) is 0. The van der Waals surface area contributed by atoms with Crippen molar-refractivity contribution in [3.63, 3.8) is 0 Å². The molecule has 60 valence electrons. The van der Waals surface area contributed by atoms with E-state index >= 15 is 0 Å². The first kappa shape index (κ1) is 8.41. The Hall–Kier alpha value is 0.310. The van der Waals surface area contributed by atoms with Gasteiger partial charge in [0.05, 0.1) is 6.61 Å². The Morgan fingerprint density at radius 2 is 2.20 bits per heavy atom. The van der Waals surface area contributed by atoms with E-state index in [0.717, 1.165) is 12.5 Å². The van der Waals surface area contributed by atoms with Crippen molar-refractivity contribution < 1.29 is 4.74 Å². The highest BCUT2D eigenvalue weighted by Crippen LogP contribution is 2.27. The van der Waals surface area contributed by atoms with Gasteiger partial charge in [0.25, 0.3) is 0 Å². The van der Waals surface area contributed by atoms with Crippen LogP contribution in [-0.4, -0.2) is 17.8 Å². The summed E-state index contributed by atoms with van der Waals surface area (Å²) in [6.07, 6.45) is 0. The second-order valence-corrected chi connectivity index (χ2v) is 4.52. The summed E-state index contributed by atoms with van der Waals surface area (Å²) in [6, 6.07) is 0. The Bertz CT molecular complexity index is 95.4. The third-order valence-corrected chi connectivity index (χ3v) is 3.40. The fourth-order valence-corrected chi connectivity index (χ4v) is 2.17. The van der Waals surface area contributed by atoms with Crippen LogP contribution in [0, 0.1) is 11.8 Å². The number of hydrogen-bond acceptors (Lipinski definition) is 2. The van der Waals surface area contributed by atoms with Crippen molar-refractivity contribution in [2.75, 3.05) is 12.4 Å². The Morgan fingerprint density at radius 3 is 2.60 bits per heavy atom. The van der Waals surface area contributed by atoms with Gasteiger partial charge in [0, 0.05) is 5.75 Å². The fourth-order valence-electron chi connectivity index (χ4n) is 0.999. The Morgan fingerprint density at radius 1 is 1.50 bits per heavy atom. The van der Waals surface area contributed by atoms with Crippen LogP contribution in [0.1, 0.15) is 20.8 Å². The fraction of sp³-hybridized carbons (Fsp3) is 1.00. The second-order valence-electron chi connectivity index (χ2n) is 3.38. The maximum absolute atomic E-state index is 5.61. The van der Waals surface area contributed by atoms with Crippen LogP contribution < -0.4 is 0 Å². The van der Waals surface area contributed by atoms with Gasteiger partial charge in [-0.1, -0.05) is 20.8 Å². The maximum atomic E-state index is 5.61. The zero-order chi connectivity index (χ0) is 7.56. The predicted molar refractivity (Wildman–Crippen MR) is 46.2 cm³/mol. The van der Waals surface area contributed by atoms with Gasteiger partial charge >= 0.3 is 0 Å². The second kappa shape index (κ2) is 3.63. The molecule has 1 saturated heterocycles. The van der Waals surface area contributed by atoms with Crippen molar-refractivity contribution >= 4 is 11.8 Å². The van der Waals surface area contributed by atoms with Crippen molar-refractivity contribution in [3.8, 4) is 0 Å². The number of thioether (sulfide) groups is 1. The first-order valence-electron chi connectivity index (χ1n) is 3.93. The van der Waals surface area contributed by atoms with Crippen molar-refractivity contribution in [2.45, 2.75) is 26.2 Å². The van der Waals surface area contributed by atoms with E-state index in [2.05, 4.69) is 20.8 Å². The minimum Gasteiger partial charge on any atom is -0.367 e. The molecule has 0 spiro atoms. The van der Waals surface area contributed by atoms with E-state index in [0.29, 0.717) is 11.4 Å². The average Bonchev–Trinajstić information content (AvgIpc) is 1.88. The van der Waals surface area contributed by atoms with E-state index in [1.54, 1.807) is 0 Å². The smallest absolute Gasteiger partial charge is 0.105 e. The third kappa shape index (κ3) is 2.17. The number of hydrogen-bond donors (Lipinski definition) is 0. The van der Waals surface area contributed by atoms with Gasteiger partial charge < -0.3 is 4.74 Å². The summed E-state index contributed by atoms with van der Waals surface area (Å²) < 4.78 is 5.61. The third-order valence-electron chi connectivity index (χ3n) is 1.63. The lowest BCUT2D eigenvalue weighted by Crippen LogP contribution is -2.26. The standard InChI is InChI=1S/C8H16OS/c1-6(2)8-9-4-7(3)5-10-8/h6-8H,4-5H2,1-3H3/t7-,8+/m1/s1. The van der Waals surface area contributed by atoms with Crippen molar-refractivity contribution in [2.24, 2.45) is 11.8 Å². The summed E-state index contributed by atoms with van der Waals surface area (Å²) in [6.45, 7) is 7.63. The average molecular weight is 160 g/mol. The molecule has 1 heterocycles. The van der Waals surface area contributed by atoms with Gasteiger partial charge in [0.2, 0.25) is 0 Å². The van der Waals surface area contributed by atoms with Crippen LogP contribution in [0.25, 0.3) is 0 Å². The van der Waals surface area contributed by atoms with Crippen molar-refractivity contribution in [1.82, 2.24) is 0 Å². The molecule has 0 aromatic rings. The SMILES string of the molecule is CC(C)[C@H]1OC[C@@H](C)CS1. The van der Waals surface area contributed by atoms with Gasteiger partial charge in [-0.05, 0) is 11.8 Å². The molecule has 0 N–H and O–H groups in total. The predicted octanol–water partition coefficient (Wildman–Crippen LogP) is 2.37. The summed E-state index contributed by atoms with van der Waals surface area (Å²) in [7, 11) is 0. The van der Waals surface area contributed by atoms with Crippen molar-refractivity contribution in [1.29, 1.82) is 0 Å². The van der Waals surface area contributed by atoms with E-state index in [9.17, 15) is 0 Å². The summed E-state index contributed by atoms with van der Waals surface area (Å²) in [5.74, 6) is 2.68. The quantitative estimate of drug-likeness (QED) is 0.582. The lowest BCUT2D eigenvalue weighted by molar-refractivity contribution is 0.0562. The molecule has 1 fully saturated rings. The van der Waals surface area contributed by atoms with Gasteiger partial charge in [-0.15, -0.1) is 11.8 Å². The molecule has 2 atom stereocenters. The maximum Gasteiger partial charge on any atom is 0.105 e. The van der Waals surface area contributed by atoms with Crippen LogP contribution in [0.4, 0.5) is 0 Å². The monoisotopic (exact) mass is 160 g/mol. The molecular formula is C8H16OS. The first-order chi connectivity index (χ1) is 4.70. The molecule has 2 heteroatoms. The minimum atomic E-state index is 0.455. The van der Waals surface area contributed by atoms with Crippen LogP contribution in [0.5, 0.6) is 0 Å². The van der Waals surface area contributed by atoms with E-state index < -0.39 is 0 Å². The van der Waals surface area contributed by atoms with E-state index in [4.69, 9.17) is 4.74 Å². The molecule has 0 aromatic heterocycles. The van der Waals surface area contributed by atoms with Crippen molar-refractivity contribution in [3.05, 3.63) is 0 Å². The zero-order valence-electron chi connectivity index (χ0n) is 6.96. The van der Waals surface area contributed by atoms with Crippen LogP contribution in [-0.2, 0) is 4.74 Å². The van der Waals surface area contributed by atoms with E-state index in [-0.39, 0.29) is 0 Å². The Labute approximate surface area is 67.5 Å². The molecule has 0 radical (unpaired) electrons. The normalized spacial score (nSPS) is 34.8. The highest BCUT2D eigenvalue weighted by molar-refractivity contribution is 7.99. The van der Waals surface area contributed by atoms with Crippen LogP contribution in [0.15, 0.2) is 0 Å². The summed E-state index contributed by atoms with van der Waals surface area (Å²) in [5, 5.41) is 0. The number of rotatable bonds is 1. The first-order valence-corrected chi connectivity index (χ1v) is 4.98. The van der Waals surface area contributed by atoms with Crippen LogP contribution in [0.3, 0.4) is 0 Å². The highest BCUT2D eigenvalue weighted by Gasteiger charge is 2.21. The van der Waals surface area contributed by atoms with Gasteiger partial charge in [-0.2, -0.15) is 0 Å². The molecule has 1 aliphatic heterocycles. The number of ether oxygens (including phenoxy) is 1. The van der Waals surface area contributed by atoms with Gasteiger partial charge in [-0.25, -0.2) is 0 Å². The molecule has 1 nitrogen and oxygen atoms in total. The molecular weight excluding hydrogens is 144 g/mol. The molecule has 0 unspecified atom stereocenters. The molecule has 0 bridgehead atoms. The molecule has 0 saturated carbocycles. The summed E-state index contributed by atoms with van der Waals surface area (Å²) in [5.41, 5.74) is 0.455. The molecule has 1 rings (SSSR count). The van der Waals surface area contributed by atoms with Gasteiger partial charge in [0.1, 0.15) is 5.44 Å². The molecule has 0 aliphatic carbocycles. The lowest BCUT2D eigenvalue weighted by atomic mass is 10.2. The lowest BCUT2D eigenvalue weighted by Gasteiger charge is -2.28. The topological polar surface area (TPSA) is 9.23 Å². The van der Waals surface area contributed by atoms with Gasteiger partial charge in [0.15, 0.2) is 0 Å². The summed E-state index contributed by atoms with van der Waals surface area (Å²) >= 11 is 1.96. The van der Waals surface area contributed by atoms with E-state index in [1.165, 1.54) is 5.75 Å². The van der Waals surface area contributed by atoms with E-state index in [1.807, 2.05) is 11.8 Å². The highest BCUT2D eigenvalue weighted by atomic mass is 32.2. The molecule has 1 aliphatic rings. The Kier molecular flexibility index (Phi) is 3.05. The van der Waals surface area contributed by atoms with Crippen LogP contribution >= 0.6 is 11.8 Å².